The first-order valence-electron chi connectivity index (χ1n) is 10.0. The molecule has 0 saturated heterocycles. The molecular weight excluding hydrogens is 396 g/mol. The Balaban J connectivity index is 1.24. The van der Waals surface area contributed by atoms with E-state index in [0.29, 0.717) is 6.54 Å². The van der Waals surface area contributed by atoms with Gasteiger partial charge >= 0.3 is 0 Å². The smallest absolute Gasteiger partial charge is 0.238 e. The number of carbonyl (C=O) groups excluding carboxylic acids is 2. The van der Waals surface area contributed by atoms with Crippen molar-refractivity contribution in [2.24, 2.45) is 0 Å². The van der Waals surface area contributed by atoms with Crippen LogP contribution >= 0.6 is 11.8 Å². The number of aryl methyl sites for hydroxylation is 2. The van der Waals surface area contributed by atoms with Crippen molar-refractivity contribution in [3.05, 3.63) is 72.1 Å². The minimum atomic E-state index is -0.397. The van der Waals surface area contributed by atoms with Crippen molar-refractivity contribution < 1.29 is 9.59 Å². The number of thioether (sulfide) groups is 1. The monoisotopic (exact) mass is 420 g/mol. The zero-order chi connectivity index (χ0) is 20.9. The Morgan fingerprint density at radius 1 is 1.17 bits per heavy atom. The Hall–Kier alpha value is -3.06. The van der Waals surface area contributed by atoms with Crippen LogP contribution in [0, 0.1) is 6.92 Å². The standard InChI is InChI=1S/C23H24N4O2S/c1-16-17(15-27(26-16)18-9-3-2-4-10-18)8-7-13-24-22(28)14-21-23(29)25-19-11-5-6-12-20(19)30-21/h2-6,9-12,15,21H,7-8,13-14H2,1H3,(H,24,28)(H,25,29). The molecule has 154 valence electrons. The van der Waals surface area contributed by atoms with E-state index in [2.05, 4.69) is 15.7 Å². The van der Waals surface area contributed by atoms with Gasteiger partial charge in [0.25, 0.3) is 0 Å². The number of carbonyl (C=O) groups is 2. The molecule has 0 saturated carbocycles. The number of fused-ring (bicyclic) bond motifs is 1. The van der Waals surface area contributed by atoms with Crippen LogP contribution < -0.4 is 10.6 Å². The topological polar surface area (TPSA) is 76.0 Å². The highest BCUT2D eigenvalue weighted by Gasteiger charge is 2.28. The number of para-hydroxylation sites is 2. The summed E-state index contributed by atoms with van der Waals surface area (Å²) in [6.07, 6.45) is 3.88. The predicted octanol–water partition coefficient (Wildman–Crippen LogP) is 3.73. The molecule has 1 atom stereocenters. The van der Waals surface area contributed by atoms with Crippen LogP contribution in [0.25, 0.3) is 5.69 Å². The van der Waals surface area contributed by atoms with Gasteiger partial charge in [0.2, 0.25) is 11.8 Å². The van der Waals surface area contributed by atoms with E-state index in [-0.39, 0.29) is 18.2 Å². The molecule has 4 rings (SSSR count). The Labute approximate surface area is 180 Å². The highest BCUT2D eigenvalue weighted by Crippen LogP contribution is 2.36. The molecule has 0 fully saturated rings. The third kappa shape index (κ3) is 4.74. The second-order valence-electron chi connectivity index (χ2n) is 7.27. The Bertz CT molecular complexity index is 1050. The van der Waals surface area contributed by atoms with Gasteiger partial charge in [-0.1, -0.05) is 30.3 Å². The lowest BCUT2D eigenvalue weighted by atomic mass is 10.1. The third-order valence-electron chi connectivity index (χ3n) is 5.04. The summed E-state index contributed by atoms with van der Waals surface area (Å²) < 4.78 is 1.89. The van der Waals surface area contributed by atoms with Gasteiger partial charge in [0.15, 0.2) is 0 Å². The zero-order valence-electron chi connectivity index (χ0n) is 16.8. The molecule has 0 bridgehead atoms. The fraction of sp³-hybridized carbons (Fsp3) is 0.261. The first-order chi connectivity index (χ1) is 14.6. The maximum Gasteiger partial charge on any atom is 0.238 e. The van der Waals surface area contributed by atoms with Crippen LogP contribution in [0.15, 0.2) is 65.7 Å². The van der Waals surface area contributed by atoms with Crippen molar-refractivity contribution in [1.29, 1.82) is 0 Å². The molecule has 0 aliphatic carbocycles. The van der Waals surface area contributed by atoms with Gasteiger partial charge in [0, 0.05) is 24.1 Å². The summed E-state index contributed by atoms with van der Waals surface area (Å²) in [4.78, 5) is 25.6. The first kappa shape index (κ1) is 20.2. The third-order valence-corrected chi connectivity index (χ3v) is 6.32. The summed E-state index contributed by atoms with van der Waals surface area (Å²) in [7, 11) is 0. The highest BCUT2D eigenvalue weighted by atomic mass is 32.2. The predicted molar refractivity (Wildman–Crippen MR) is 119 cm³/mol. The Morgan fingerprint density at radius 3 is 2.77 bits per heavy atom. The molecule has 7 heteroatoms. The summed E-state index contributed by atoms with van der Waals surface area (Å²) in [5, 5.41) is 10.0. The summed E-state index contributed by atoms with van der Waals surface area (Å²) in [6, 6.07) is 17.7. The van der Waals surface area contributed by atoms with Crippen molar-refractivity contribution in [3.8, 4) is 5.69 Å². The van der Waals surface area contributed by atoms with Gasteiger partial charge in [0.1, 0.15) is 0 Å². The SMILES string of the molecule is Cc1nn(-c2ccccc2)cc1CCCNC(=O)CC1Sc2ccccc2NC1=O. The molecule has 2 heterocycles. The largest absolute Gasteiger partial charge is 0.356 e. The van der Waals surface area contributed by atoms with Crippen molar-refractivity contribution in [2.75, 3.05) is 11.9 Å². The van der Waals surface area contributed by atoms with E-state index in [0.717, 1.165) is 34.8 Å². The number of nitrogens with one attached hydrogen (secondary N) is 2. The molecule has 6 nitrogen and oxygen atoms in total. The van der Waals surface area contributed by atoms with E-state index in [1.54, 1.807) is 0 Å². The van der Waals surface area contributed by atoms with Crippen molar-refractivity contribution >= 4 is 29.3 Å². The van der Waals surface area contributed by atoms with E-state index in [4.69, 9.17) is 0 Å². The summed E-state index contributed by atoms with van der Waals surface area (Å²) in [5.41, 5.74) is 4.02. The number of anilines is 1. The second kappa shape index (κ2) is 9.17. The van der Waals surface area contributed by atoms with E-state index < -0.39 is 5.25 Å². The average Bonchev–Trinajstić information content (AvgIpc) is 3.13. The number of amides is 2. The van der Waals surface area contributed by atoms with E-state index in [9.17, 15) is 9.59 Å². The molecular formula is C23H24N4O2S. The molecule has 1 aromatic heterocycles. The highest BCUT2D eigenvalue weighted by molar-refractivity contribution is 8.01. The van der Waals surface area contributed by atoms with Gasteiger partial charge in [0.05, 0.1) is 22.3 Å². The molecule has 1 aliphatic heterocycles. The van der Waals surface area contributed by atoms with Gasteiger partial charge in [-0.15, -0.1) is 11.8 Å². The van der Waals surface area contributed by atoms with Crippen LogP contribution in [0.4, 0.5) is 5.69 Å². The van der Waals surface area contributed by atoms with Gasteiger partial charge in [-0.3, -0.25) is 9.59 Å². The summed E-state index contributed by atoms with van der Waals surface area (Å²) >= 11 is 1.45. The molecule has 2 N–H and O–H groups in total. The molecule has 2 aromatic carbocycles. The van der Waals surface area contributed by atoms with Crippen LogP contribution in [0.1, 0.15) is 24.1 Å². The average molecular weight is 421 g/mol. The van der Waals surface area contributed by atoms with Crippen molar-refractivity contribution in [1.82, 2.24) is 15.1 Å². The second-order valence-corrected chi connectivity index (χ2v) is 8.51. The Morgan fingerprint density at radius 2 is 1.93 bits per heavy atom. The number of benzene rings is 2. The Kier molecular flexibility index (Phi) is 6.18. The van der Waals surface area contributed by atoms with Crippen LogP contribution in [0.5, 0.6) is 0 Å². The van der Waals surface area contributed by atoms with E-state index >= 15 is 0 Å². The van der Waals surface area contributed by atoms with Crippen molar-refractivity contribution in [3.63, 3.8) is 0 Å². The van der Waals surface area contributed by atoms with E-state index in [1.807, 2.05) is 72.4 Å². The number of nitrogens with zero attached hydrogens (tertiary/aromatic N) is 2. The minimum absolute atomic E-state index is 0.0984. The number of hydrogen-bond acceptors (Lipinski definition) is 4. The normalized spacial score (nSPS) is 15.4. The van der Waals surface area contributed by atoms with Crippen LogP contribution in [0.3, 0.4) is 0 Å². The van der Waals surface area contributed by atoms with Gasteiger partial charge in [-0.05, 0) is 49.6 Å². The molecule has 2 amide bonds. The molecule has 0 spiro atoms. The van der Waals surface area contributed by atoms with Gasteiger partial charge < -0.3 is 10.6 Å². The van der Waals surface area contributed by atoms with Crippen LogP contribution in [0.2, 0.25) is 0 Å². The number of rotatable bonds is 7. The fourth-order valence-corrected chi connectivity index (χ4v) is 4.54. The maximum atomic E-state index is 12.3. The lowest BCUT2D eigenvalue weighted by Crippen LogP contribution is -2.35. The van der Waals surface area contributed by atoms with Gasteiger partial charge in [-0.2, -0.15) is 5.10 Å². The first-order valence-corrected chi connectivity index (χ1v) is 10.9. The maximum absolute atomic E-state index is 12.3. The molecule has 1 unspecified atom stereocenters. The molecule has 3 aromatic rings. The number of aromatic nitrogens is 2. The quantitative estimate of drug-likeness (QED) is 0.571. The minimum Gasteiger partial charge on any atom is -0.356 e. The van der Waals surface area contributed by atoms with E-state index in [1.165, 1.54) is 17.3 Å². The van der Waals surface area contributed by atoms with Crippen LogP contribution in [-0.4, -0.2) is 33.4 Å². The number of hydrogen-bond donors (Lipinski definition) is 2. The summed E-state index contributed by atoms with van der Waals surface area (Å²) in [5.74, 6) is -0.212. The lowest BCUT2D eigenvalue weighted by molar-refractivity contribution is -0.124. The molecule has 0 radical (unpaired) electrons. The zero-order valence-corrected chi connectivity index (χ0v) is 17.6. The molecule has 1 aliphatic rings. The van der Waals surface area contributed by atoms with Crippen LogP contribution in [-0.2, 0) is 16.0 Å². The van der Waals surface area contributed by atoms with Gasteiger partial charge in [-0.25, -0.2) is 4.68 Å². The lowest BCUT2D eigenvalue weighted by Gasteiger charge is -2.23. The van der Waals surface area contributed by atoms with Crippen molar-refractivity contribution in [2.45, 2.75) is 36.3 Å². The molecule has 30 heavy (non-hydrogen) atoms. The fourth-order valence-electron chi connectivity index (χ4n) is 3.43. The summed E-state index contributed by atoms with van der Waals surface area (Å²) in [6.45, 7) is 2.58.